The number of carbonyl (C=O) groups excluding carboxylic acids is 1. The van der Waals surface area contributed by atoms with Crippen molar-refractivity contribution in [2.24, 2.45) is 0 Å². The molecule has 0 atom stereocenters. The number of phenols is 1. The maximum Gasteiger partial charge on any atom is 0.259 e. The summed E-state index contributed by atoms with van der Waals surface area (Å²) < 4.78 is 0. The van der Waals surface area contributed by atoms with Crippen LogP contribution >= 0.6 is 0 Å². The van der Waals surface area contributed by atoms with Crippen LogP contribution in [0.5, 0.6) is 5.75 Å². The second kappa shape index (κ2) is 5.25. The van der Waals surface area contributed by atoms with Gasteiger partial charge in [-0.1, -0.05) is 30.3 Å². The average Bonchev–Trinajstić information content (AvgIpc) is 2.47. The maximum atomic E-state index is 12.4. The maximum absolute atomic E-state index is 12.4. The molecule has 0 radical (unpaired) electrons. The number of fused-ring (bicyclic) bond motifs is 1. The first-order valence-electron chi connectivity index (χ1n) is 6.60. The molecule has 0 fully saturated rings. The number of aromatic nitrogens is 1. The van der Waals surface area contributed by atoms with E-state index < -0.39 is 0 Å². The van der Waals surface area contributed by atoms with Crippen LogP contribution in [0, 0.1) is 6.92 Å². The lowest BCUT2D eigenvalue weighted by atomic mass is 10.1. The molecule has 3 aromatic rings. The van der Waals surface area contributed by atoms with E-state index in [1.165, 1.54) is 6.07 Å². The van der Waals surface area contributed by atoms with Gasteiger partial charge in [-0.2, -0.15) is 0 Å². The Hall–Kier alpha value is -2.88. The predicted molar refractivity (Wildman–Crippen MR) is 82.5 cm³/mol. The van der Waals surface area contributed by atoms with E-state index in [2.05, 4.69) is 10.3 Å². The Kier molecular flexibility index (Phi) is 3.28. The molecule has 0 saturated heterocycles. The van der Waals surface area contributed by atoms with Gasteiger partial charge < -0.3 is 10.4 Å². The molecule has 1 heterocycles. The van der Waals surface area contributed by atoms with Gasteiger partial charge in [-0.3, -0.25) is 9.78 Å². The van der Waals surface area contributed by atoms with E-state index in [0.717, 1.165) is 16.5 Å². The van der Waals surface area contributed by atoms with Crippen molar-refractivity contribution in [3.63, 3.8) is 0 Å². The zero-order valence-electron chi connectivity index (χ0n) is 11.5. The molecule has 2 N–H and O–H groups in total. The molecule has 21 heavy (non-hydrogen) atoms. The van der Waals surface area contributed by atoms with Crippen LogP contribution < -0.4 is 5.32 Å². The number of carbonyl (C=O) groups is 1. The van der Waals surface area contributed by atoms with Crippen molar-refractivity contribution >= 4 is 22.5 Å². The standard InChI is InChI=1S/C17H14N2O2/c1-11-5-2-9-14(20)15(11)17(21)19-13-8-3-6-12-7-4-10-18-16(12)13/h2-10,20H,1H3,(H,19,21). The van der Waals surface area contributed by atoms with Gasteiger partial charge in [-0.15, -0.1) is 0 Å². The van der Waals surface area contributed by atoms with Crippen molar-refractivity contribution in [3.05, 3.63) is 65.9 Å². The first kappa shape index (κ1) is 13.1. The van der Waals surface area contributed by atoms with Crippen LogP contribution in [0.15, 0.2) is 54.7 Å². The highest BCUT2D eigenvalue weighted by Crippen LogP contribution is 2.25. The predicted octanol–water partition coefficient (Wildman–Crippen LogP) is 3.50. The fraction of sp³-hybridized carbons (Fsp3) is 0.0588. The molecule has 4 nitrogen and oxygen atoms in total. The van der Waals surface area contributed by atoms with Crippen molar-refractivity contribution in [3.8, 4) is 5.75 Å². The van der Waals surface area contributed by atoms with Crippen LogP contribution in [-0.4, -0.2) is 16.0 Å². The zero-order chi connectivity index (χ0) is 14.8. The van der Waals surface area contributed by atoms with E-state index in [4.69, 9.17) is 0 Å². The van der Waals surface area contributed by atoms with Crippen molar-refractivity contribution in [1.29, 1.82) is 0 Å². The van der Waals surface area contributed by atoms with Gasteiger partial charge in [0.05, 0.1) is 16.8 Å². The number of pyridine rings is 1. The number of para-hydroxylation sites is 1. The Labute approximate surface area is 122 Å². The van der Waals surface area contributed by atoms with Crippen LogP contribution in [0.2, 0.25) is 0 Å². The Morgan fingerprint density at radius 2 is 1.86 bits per heavy atom. The fourth-order valence-corrected chi connectivity index (χ4v) is 2.34. The third-order valence-electron chi connectivity index (χ3n) is 3.36. The number of benzene rings is 2. The van der Waals surface area contributed by atoms with Gasteiger partial charge in [0.25, 0.3) is 5.91 Å². The van der Waals surface area contributed by atoms with E-state index in [1.54, 1.807) is 31.3 Å². The summed E-state index contributed by atoms with van der Waals surface area (Å²) in [6.07, 6.45) is 1.68. The summed E-state index contributed by atoms with van der Waals surface area (Å²) in [6.45, 7) is 1.79. The van der Waals surface area contributed by atoms with Crippen molar-refractivity contribution in [2.75, 3.05) is 5.32 Å². The Morgan fingerprint density at radius 1 is 1.10 bits per heavy atom. The Balaban J connectivity index is 2.01. The smallest absolute Gasteiger partial charge is 0.259 e. The second-order valence-corrected chi connectivity index (χ2v) is 4.80. The lowest BCUT2D eigenvalue weighted by Crippen LogP contribution is -2.14. The molecule has 1 amide bonds. The topological polar surface area (TPSA) is 62.2 Å². The zero-order valence-corrected chi connectivity index (χ0v) is 11.5. The number of nitrogens with one attached hydrogen (secondary N) is 1. The quantitative estimate of drug-likeness (QED) is 0.754. The monoisotopic (exact) mass is 278 g/mol. The van der Waals surface area contributed by atoms with E-state index in [-0.39, 0.29) is 17.2 Å². The summed E-state index contributed by atoms with van der Waals surface area (Å²) in [5.74, 6) is -0.371. The molecule has 104 valence electrons. The molecule has 4 heteroatoms. The number of nitrogens with zero attached hydrogens (tertiary/aromatic N) is 1. The number of hydrogen-bond donors (Lipinski definition) is 2. The van der Waals surface area contributed by atoms with E-state index in [1.807, 2.05) is 24.3 Å². The third-order valence-corrected chi connectivity index (χ3v) is 3.36. The number of anilines is 1. The Bertz CT molecular complexity index is 802. The molecule has 0 aliphatic carbocycles. The van der Waals surface area contributed by atoms with Crippen molar-refractivity contribution < 1.29 is 9.90 Å². The van der Waals surface area contributed by atoms with Gasteiger partial charge in [0.2, 0.25) is 0 Å². The summed E-state index contributed by atoms with van der Waals surface area (Å²) in [6, 6.07) is 14.4. The average molecular weight is 278 g/mol. The summed E-state index contributed by atoms with van der Waals surface area (Å²) in [4.78, 5) is 16.7. The van der Waals surface area contributed by atoms with Crippen LogP contribution in [-0.2, 0) is 0 Å². The molecule has 2 aromatic carbocycles. The number of aromatic hydroxyl groups is 1. The molecule has 0 spiro atoms. The van der Waals surface area contributed by atoms with Crippen molar-refractivity contribution in [2.45, 2.75) is 6.92 Å². The summed E-state index contributed by atoms with van der Waals surface area (Å²) in [5.41, 5.74) is 2.35. The van der Waals surface area contributed by atoms with Crippen LogP contribution in [0.1, 0.15) is 15.9 Å². The summed E-state index contributed by atoms with van der Waals surface area (Å²) >= 11 is 0. The highest BCUT2D eigenvalue weighted by Gasteiger charge is 2.15. The van der Waals surface area contributed by atoms with Crippen LogP contribution in [0.4, 0.5) is 5.69 Å². The first-order valence-corrected chi connectivity index (χ1v) is 6.60. The van der Waals surface area contributed by atoms with Crippen LogP contribution in [0.3, 0.4) is 0 Å². The minimum absolute atomic E-state index is 0.0271. The molecule has 0 saturated carbocycles. The number of rotatable bonds is 2. The van der Waals surface area contributed by atoms with Gasteiger partial charge in [-0.05, 0) is 30.7 Å². The molecular formula is C17H14N2O2. The van der Waals surface area contributed by atoms with Crippen molar-refractivity contribution in [1.82, 2.24) is 4.98 Å². The van der Waals surface area contributed by atoms with Gasteiger partial charge in [0.1, 0.15) is 5.75 Å². The van der Waals surface area contributed by atoms with Crippen LogP contribution in [0.25, 0.3) is 10.9 Å². The molecule has 0 unspecified atom stereocenters. The molecule has 0 aliphatic rings. The lowest BCUT2D eigenvalue weighted by molar-refractivity contribution is 0.102. The van der Waals surface area contributed by atoms with E-state index in [0.29, 0.717) is 5.69 Å². The highest BCUT2D eigenvalue weighted by atomic mass is 16.3. The van der Waals surface area contributed by atoms with E-state index in [9.17, 15) is 9.90 Å². The normalized spacial score (nSPS) is 10.5. The second-order valence-electron chi connectivity index (χ2n) is 4.80. The lowest BCUT2D eigenvalue weighted by Gasteiger charge is -2.10. The largest absolute Gasteiger partial charge is 0.507 e. The molecular weight excluding hydrogens is 264 g/mol. The SMILES string of the molecule is Cc1cccc(O)c1C(=O)Nc1cccc2cccnc12. The minimum atomic E-state index is -0.344. The summed E-state index contributed by atoms with van der Waals surface area (Å²) in [5, 5.41) is 13.6. The number of phenolic OH excluding ortho intramolecular Hbond substituents is 1. The molecule has 0 aliphatic heterocycles. The van der Waals surface area contributed by atoms with Gasteiger partial charge in [0.15, 0.2) is 0 Å². The van der Waals surface area contributed by atoms with Gasteiger partial charge in [0, 0.05) is 11.6 Å². The molecule has 1 aromatic heterocycles. The summed E-state index contributed by atoms with van der Waals surface area (Å²) in [7, 11) is 0. The third kappa shape index (κ3) is 2.43. The first-order chi connectivity index (χ1) is 10.2. The Morgan fingerprint density at radius 3 is 2.67 bits per heavy atom. The van der Waals surface area contributed by atoms with Gasteiger partial charge in [-0.25, -0.2) is 0 Å². The molecule has 0 bridgehead atoms. The van der Waals surface area contributed by atoms with Gasteiger partial charge >= 0.3 is 0 Å². The fourth-order valence-electron chi connectivity index (χ4n) is 2.34. The minimum Gasteiger partial charge on any atom is -0.507 e. The number of aryl methyl sites for hydroxylation is 1. The number of hydrogen-bond acceptors (Lipinski definition) is 3. The highest BCUT2D eigenvalue weighted by molar-refractivity contribution is 6.10. The van der Waals surface area contributed by atoms with E-state index >= 15 is 0 Å². The molecule has 3 rings (SSSR count). The number of amides is 1.